The van der Waals surface area contributed by atoms with Crippen molar-refractivity contribution < 1.29 is 24.2 Å². The summed E-state index contributed by atoms with van der Waals surface area (Å²) in [5.74, 6) is -0.909. The smallest absolute Gasteiger partial charge is 0.407 e. The molecule has 180 valence electrons. The van der Waals surface area contributed by atoms with Gasteiger partial charge in [-0.05, 0) is 47.4 Å². The Bertz CT molecular complexity index is 1000. The molecule has 0 heterocycles. The predicted octanol–water partition coefficient (Wildman–Crippen LogP) is 4.45. The summed E-state index contributed by atoms with van der Waals surface area (Å²) in [6.07, 6.45) is 3.24. The Morgan fingerprint density at radius 2 is 1.62 bits per heavy atom. The molecule has 3 N–H and O–H groups in total. The lowest BCUT2D eigenvalue weighted by atomic mass is 9.98. The van der Waals surface area contributed by atoms with Crippen LogP contribution in [-0.2, 0) is 14.3 Å². The summed E-state index contributed by atoms with van der Waals surface area (Å²) in [5, 5.41) is 14.8. The molecule has 2 aliphatic rings. The largest absolute Gasteiger partial charge is 0.480 e. The zero-order valence-electron chi connectivity index (χ0n) is 19.5. The Kier molecular flexibility index (Phi) is 7.50. The highest BCUT2D eigenvalue weighted by molar-refractivity contribution is 5.83. The van der Waals surface area contributed by atoms with Gasteiger partial charge in [-0.3, -0.25) is 4.79 Å². The number of amides is 2. The quantitative estimate of drug-likeness (QED) is 0.456. The highest BCUT2D eigenvalue weighted by atomic mass is 16.5. The number of ether oxygens (including phenoxy) is 1. The molecular formula is C27H32N2O5. The van der Waals surface area contributed by atoms with E-state index in [1.165, 1.54) is 11.1 Å². The van der Waals surface area contributed by atoms with Crippen molar-refractivity contribution in [1.29, 1.82) is 0 Å². The Balaban J connectivity index is 1.26. The van der Waals surface area contributed by atoms with Crippen LogP contribution in [0.4, 0.5) is 4.79 Å². The average molecular weight is 465 g/mol. The van der Waals surface area contributed by atoms with Gasteiger partial charge < -0.3 is 20.5 Å². The molecule has 0 aliphatic heterocycles. The number of carbonyl (C=O) groups is 3. The maximum atomic E-state index is 12.5. The number of carbonyl (C=O) groups excluding carboxylic acids is 2. The summed E-state index contributed by atoms with van der Waals surface area (Å²) in [6, 6.07) is 15.3. The van der Waals surface area contributed by atoms with Crippen LogP contribution in [0.3, 0.4) is 0 Å². The summed E-state index contributed by atoms with van der Waals surface area (Å²) in [6.45, 7) is 2.16. The minimum absolute atomic E-state index is 0.0107. The van der Waals surface area contributed by atoms with Crippen LogP contribution in [0.1, 0.15) is 62.5 Å². The SMILES string of the molecule is CCC(CCC(=O)NC(CC1CC1)C(=O)O)NC(=O)OCC1c2ccccc2-c2ccccc21. The molecule has 0 saturated heterocycles. The first-order valence-electron chi connectivity index (χ1n) is 12.1. The number of fused-ring (bicyclic) bond motifs is 3. The van der Waals surface area contributed by atoms with E-state index in [4.69, 9.17) is 4.74 Å². The van der Waals surface area contributed by atoms with Gasteiger partial charge in [0, 0.05) is 18.4 Å². The van der Waals surface area contributed by atoms with Gasteiger partial charge in [0.1, 0.15) is 12.6 Å². The van der Waals surface area contributed by atoms with Gasteiger partial charge in [0.25, 0.3) is 0 Å². The Morgan fingerprint density at radius 1 is 1.00 bits per heavy atom. The van der Waals surface area contributed by atoms with Crippen molar-refractivity contribution in [3.63, 3.8) is 0 Å². The predicted molar refractivity (Wildman–Crippen MR) is 128 cm³/mol. The van der Waals surface area contributed by atoms with E-state index in [1.807, 2.05) is 31.2 Å². The van der Waals surface area contributed by atoms with E-state index in [-0.39, 0.29) is 30.9 Å². The van der Waals surface area contributed by atoms with Gasteiger partial charge in [-0.2, -0.15) is 0 Å². The van der Waals surface area contributed by atoms with Gasteiger partial charge in [-0.1, -0.05) is 68.3 Å². The lowest BCUT2D eigenvalue weighted by Crippen LogP contribution is -2.42. The van der Waals surface area contributed by atoms with Crippen LogP contribution < -0.4 is 10.6 Å². The van der Waals surface area contributed by atoms with Crippen LogP contribution >= 0.6 is 0 Å². The lowest BCUT2D eigenvalue weighted by molar-refractivity contribution is -0.142. The number of hydrogen-bond acceptors (Lipinski definition) is 4. The summed E-state index contributed by atoms with van der Waals surface area (Å²) >= 11 is 0. The average Bonchev–Trinajstić information content (AvgIpc) is 3.60. The molecule has 2 aromatic carbocycles. The zero-order chi connectivity index (χ0) is 24.1. The fourth-order valence-corrected chi connectivity index (χ4v) is 4.67. The zero-order valence-corrected chi connectivity index (χ0v) is 19.5. The second kappa shape index (κ2) is 10.7. The van der Waals surface area contributed by atoms with Crippen LogP contribution in [-0.4, -0.2) is 41.8 Å². The molecule has 2 aliphatic carbocycles. The minimum Gasteiger partial charge on any atom is -0.480 e. The van der Waals surface area contributed by atoms with E-state index < -0.39 is 18.1 Å². The summed E-state index contributed by atoms with van der Waals surface area (Å²) in [5.41, 5.74) is 4.65. The number of carboxylic acids is 1. The highest BCUT2D eigenvalue weighted by Crippen LogP contribution is 2.44. The normalized spacial score (nSPS) is 16.1. The number of alkyl carbamates (subject to hydrolysis) is 1. The molecule has 0 spiro atoms. The molecule has 0 radical (unpaired) electrons. The Labute approximate surface area is 199 Å². The maximum Gasteiger partial charge on any atom is 0.407 e. The van der Waals surface area contributed by atoms with Crippen LogP contribution in [0.25, 0.3) is 11.1 Å². The number of benzene rings is 2. The maximum absolute atomic E-state index is 12.5. The van der Waals surface area contributed by atoms with E-state index in [0.29, 0.717) is 25.2 Å². The standard InChI is InChI=1S/C27H32N2O5/c1-2-18(13-14-25(30)29-24(26(31)32)15-17-11-12-17)28-27(33)34-16-23-21-9-5-3-7-19(21)20-8-4-6-10-22(20)23/h3-10,17-18,23-24H,2,11-16H2,1H3,(H,28,33)(H,29,30)(H,31,32). The summed E-state index contributed by atoms with van der Waals surface area (Å²) in [7, 11) is 0. The fourth-order valence-electron chi connectivity index (χ4n) is 4.67. The molecule has 2 atom stereocenters. The van der Waals surface area contributed by atoms with E-state index in [0.717, 1.165) is 24.0 Å². The monoisotopic (exact) mass is 464 g/mol. The van der Waals surface area contributed by atoms with Crippen molar-refractivity contribution in [2.75, 3.05) is 6.61 Å². The first kappa shape index (κ1) is 23.8. The fraction of sp³-hybridized carbons (Fsp3) is 0.444. The molecule has 0 aromatic heterocycles. The van der Waals surface area contributed by atoms with Crippen molar-refractivity contribution in [2.24, 2.45) is 5.92 Å². The van der Waals surface area contributed by atoms with Crippen molar-refractivity contribution in [3.05, 3.63) is 59.7 Å². The number of hydrogen-bond donors (Lipinski definition) is 3. The van der Waals surface area contributed by atoms with Gasteiger partial charge in [0.15, 0.2) is 0 Å². The topological polar surface area (TPSA) is 105 Å². The van der Waals surface area contributed by atoms with Crippen molar-refractivity contribution in [2.45, 2.75) is 63.5 Å². The van der Waals surface area contributed by atoms with Crippen LogP contribution in [0, 0.1) is 5.92 Å². The summed E-state index contributed by atoms with van der Waals surface area (Å²) in [4.78, 5) is 36.2. The number of carboxylic acid groups (broad SMARTS) is 1. The molecule has 1 saturated carbocycles. The first-order valence-corrected chi connectivity index (χ1v) is 12.1. The van der Waals surface area contributed by atoms with Crippen molar-refractivity contribution >= 4 is 18.0 Å². The van der Waals surface area contributed by atoms with Crippen LogP contribution in [0.5, 0.6) is 0 Å². The van der Waals surface area contributed by atoms with Crippen LogP contribution in [0.15, 0.2) is 48.5 Å². The number of nitrogens with one attached hydrogen (secondary N) is 2. The molecule has 0 bridgehead atoms. The van der Waals surface area contributed by atoms with E-state index in [1.54, 1.807) is 0 Å². The number of rotatable bonds is 11. The molecular weight excluding hydrogens is 432 g/mol. The third kappa shape index (κ3) is 5.76. The third-order valence-electron chi connectivity index (χ3n) is 6.78. The first-order chi connectivity index (χ1) is 16.5. The Hall–Kier alpha value is -3.35. The molecule has 2 unspecified atom stereocenters. The molecule has 7 heteroatoms. The van der Waals surface area contributed by atoms with Crippen molar-refractivity contribution in [3.8, 4) is 11.1 Å². The lowest BCUT2D eigenvalue weighted by Gasteiger charge is -2.19. The molecule has 2 aromatic rings. The molecule has 2 amide bonds. The molecule has 4 rings (SSSR count). The highest BCUT2D eigenvalue weighted by Gasteiger charge is 2.31. The van der Waals surface area contributed by atoms with Crippen LogP contribution in [0.2, 0.25) is 0 Å². The van der Waals surface area contributed by atoms with Gasteiger partial charge in [-0.15, -0.1) is 0 Å². The van der Waals surface area contributed by atoms with E-state index in [9.17, 15) is 19.5 Å². The van der Waals surface area contributed by atoms with Gasteiger partial charge in [0.2, 0.25) is 5.91 Å². The molecule has 34 heavy (non-hydrogen) atoms. The van der Waals surface area contributed by atoms with Gasteiger partial charge in [-0.25, -0.2) is 9.59 Å². The summed E-state index contributed by atoms with van der Waals surface area (Å²) < 4.78 is 5.60. The minimum atomic E-state index is -0.996. The Morgan fingerprint density at radius 3 is 2.18 bits per heavy atom. The van der Waals surface area contributed by atoms with Gasteiger partial charge >= 0.3 is 12.1 Å². The van der Waals surface area contributed by atoms with E-state index >= 15 is 0 Å². The second-order valence-electron chi connectivity index (χ2n) is 9.25. The molecule has 1 fully saturated rings. The van der Waals surface area contributed by atoms with E-state index in [2.05, 4.69) is 34.9 Å². The second-order valence-corrected chi connectivity index (χ2v) is 9.25. The molecule has 7 nitrogen and oxygen atoms in total. The van der Waals surface area contributed by atoms with Crippen molar-refractivity contribution in [1.82, 2.24) is 10.6 Å². The number of aliphatic carboxylic acids is 1. The third-order valence-corrected chi connectivity index (χ3v) is 6.78. The van der Waals surface area contributed by atoms with Gasteiger partial charge in [0.05, 0.1) is 0 Å².